The van der Waals surface area contributed by atoms with Gasteiger partial charge in [-0.1, -0.05) is 0 Å². The molecule has 3 N–H and O–H groups in total. The molecule has 0 rings (SSSR count). The molecule has 0 aliphatic heterocycles. The molecule has 0 saturated carbocycles. The molecular formula is C3H9O6P. The second-order valence-corrected chi connectivity index (χ2v) is 2.09. The van der Waals surface area contributed by atoms with Gasteiger partial charge in [-0.15, -0.1) is 0 Å². The van der Waals surface area contributed by atoms with E-state index in [0.29, 0.717) is 13.1 Å². The maximum absolute atomic E-state index is 9.18. The van der Waals surface area contributed by atoms with E-state index in [1.165, 1.54) is 0 Å². The Balaban J connectivity index is 0. The molecule has 0 unspecified atom stereocenters. The molecule has 0 aromatic heterocycles. The molecule has 0 fully saturated rings. The Labute approximate surface area is 57.7 Å². The lowest BCUT2D eigenvalue weighted by atomic mass is 10.9. The Bertz CT molecular complexity index is 108. The van der Waals surface area contributed by atoms with Gasteiger partial charge in [-0.2, -0.15) is 0 Å². The molecule has 0 saturated heterocycles. The van der Waals surface area contributed by atoms with E-state index in [-0.39, 0.29) is 0 Å². The molecular weight excluding hydrogens is 163 g/mol. The number of hydrogen-bond donors (Lipinski definition) is 3. The summed E-state index contributed by atoms with van der Waals surface area (Å²) in [4.78, 5) is 30.7. The summed E-state index contributed by atoms with van der Waals surface area (Å²) >= 11 is 0. The standard InChI is InChI=1S/C3H6O2.H3O4P/c1-2-5-3-4;1-5(2,3)4/h3H,2H2,1H3;(H3,1,2,3,4). The van der Waals surface area contributed by atoms with Crippen LogP contribution in [0.25, 0.3) is 0 Å². The van der Waals surface area contributed by atoms with Crippen molar-refractivity contribution in [3.63, 3.8) is 0 Å². The fraction of sp³-hybridized carbons (Fsp3) is 0.667. The highest BCUT2D eigenvalue weighted by molar-refractivity contribution is 7.45. The summed E-state index contributed by atoms with van der Waals surface area (Å²) in [5, 5.41) is 0. The van der Waals surface area contributed by atoms with Crippen LogP contribution in [0.15, 0.2) is 0 Å². The topological polar surface area (TPSA) is 104 Å². The summed E-state index contributed by atoms with van der Waals surface area (Å²) in [6, 6.07) is 0. The first-order valence-corrected chi connectivity index (χ1v) is 3.81. The number of ether oxygens (including phenoxy) is 1. The normalized spacial score (nSPS) is 9.20. The molecule has 0 spiro atoms. The summed E-state index contributed by atoms with van der Waals surface area (Å²) in [5.41, 5.74) is 0. The van der Waals surface area contributed by atoms with Crippen molar-refractivity contribution in [1.29, 1.82) is 0 Å². The van der Waals surface area contributed by atoms with Crippen molar-refractivity contribution in [1.82, 2.24) is 0 Å². The zero-order valence-corrected chi connectivity index (χ0v) is 6.19. The Hall–Kier alpha value is -0.420. The Kier molecular flexibility index (Phi) is 8.22. The third kappa shape index (κ3) is 131. The van der Waals surface area contributed by atoms with Crippen molar-refractivity contribution in [2.75, 3.05) is 6.61 Å². The molecule has 0 aromatic carbocycles. The monoisotopic (exact) mass is 172 g/mol. The maximum Gasteiger partial charge on any atom is 0.466 e. The molecule has 7 heteroatoms. The first-order valence-electron chi connectivity index (χ1n) is 2.25. The van der Waals surface area contributed by atoms with Crippen molar-refractivity contribution >= 4 is 14.3 Å². The second kappa shape index (κ2) is 6.70. The molecule has 0 heterocycles. The Morgan fingerprint density at radius 3 is 1.80 bits per heavy atom. The summed E-state index contributed by atoms with van der Waals surface area (Å²) in [7, 11) is -4.64. The zero-order chi connectivity index (χ0) is 8.62. The molecule has 0 aliphatic rings. The van der Waals surface area contributed by atoms with Crippen molar-refractivity contribution in [2.45, 2.75) is 6.92 Å². The average Bonchev–Trinajstić information content (AvgIpc) is 1.63. The van der Waals surface area contributed by atoms with Crippen LogP contribution >= 0.6 is 7.82 Å². The van der Waals surface area contributed by atoms with E-state index in [1.54, 1.807) is 6.92 Å². The smallest absolute Gasteiger partial charge is 0.466 e. The van der Waals surface area contributed by atoms with Gasteiger partial charge >= 0.3 is 7.82 Å². The summed E-state index contributed by atoms with van der Waals surface area (Å²) in [6.45, 7) is 2.66. The van der Waals surface area contributed by atoms with E-state index < -0.39 is 7.82 Å². The van der Waals surface area contributed by atoms with Gasteiger partial charge in [0.2, 0.25) is 0 Å². The molecule has 0 bridgehead atoms. The van der Waals surface area contributed by atoms with E-state index in [0.717, 1.165) is 0 Å². The van der Waals surface area contributed by atoms with Crippen LogP contribution in [0.2, 0.25) is 0 Å². The van der Waals surface area contributed by atoms with Gasteiger partial charge in [0.15, 0.2) is 0 Å². The maximum atomic E-state index is 9.18. The molecule has 0 radical (unpaired) electrons. The lowest BCUT2D eigenvalue weighted by Gasteiger charge is -1.82. The molecule has 6 nitrogen and oxygen atoms in total. The molecule has 0 aliphatic carbocycles. The van der Waals surface area contributed by atoms with E-state index in [1.807, 2.05) is 0 Å². The van der Waals surface area contributed by atoms with Crippen molar-refractivity contribution in [2.24, 2.45) is 0 Å². The van der Waals surface area contributed by atoms with Crippen LogP contribution in [0.1, 0.15) is 6.92 Å². The van der Waals surface area contributed by atoms with Crippen LogP contribution in [-0.4, -0.2) is 27.8 Å². The number of hydrogen-bond acceptors (Lipinski definition) is 3. The van der Waals surface area contributed by atoms with Crippen LogP contribution in [0, 0.1) is 0 Å². The minimum Gasteiger partial charge on any atom is -0.468 e. The summed E-state index contributed by atoms with van der Waals surface area (Å²) < 4.78 is 13.0. The largest absolute Gasteiger partial charge is 0.468 e. The number of carbonyl (C=O) groups is 1. The van der Waals surface area contributed by atoms with Gasteiger partial charge in [-0.05, 0) is 6.92 Å². The van der Waals surface area contributed by atoms with Gasteiger partial charge in [-0.3, -0.25) is 4.79 Å². The number of rotatable bonds is 2. The first kappa shape index (κ1) is 12.3. The van der Waals surface area contributed by atoms with Crippen molar-refractivity contribution < 1.29 is 28.8 Å². The van der Waals surface area contributed by atoms with E-state index in [9.17, 15) is 4.79 Å². The second-order valence-electron chi connectivity index (χ2n) is 1.06. The van der Waals surface area contributed by atoms with Crippen LogP contribution in [-0.2, 0) is 14.1 Å². The van der Waals surface area contributed by atoms with Gasteiger partial charge in [0.05, 0.1) is 6.61 Å². The highest BCUT2D eigenvalue weighted by Gasteiger charge is 2.00. The number of phosphoric acid groups is 1. The van der Waals surface area contributed by atoms with Gasteiger partial charge < -0.3 is 19.4 Å². The Morgan fingerprint density at radius 2 is 1.80 bits per heavy atom. The van der Waals surface area contributed by atoms with Gasteiger partial charge in [0.25, 0.3) is 6.47 Å². The highest BCUT2D eigenvalue weighted by Crippen LogP contribution is 2.25. The zero-order valence-electron chi connectivity index (χ0n) is 5.30. The molecule has 62 valence electrons. The third-order valence-electron chi connectivity index (χ3n) is 0.235. The minimum atomic E-state index is -4.64. The van der Waals surface area contributed by atoms with Gasteiger partial charge in [0, 0.05) is 0 Å². The highest BCUT2D eigenvalue weighted by atomic mass is 31.2. The van der Waals surface area contributed by atoms with Gasteiger partial charge in [0.1, 0.15) is 0 Å². The van der Waals surface area contributed by atoms with Gasteiger partial charge in [-0.25, -0.2) is 4.57 Å². The summed E-state index contributed by atoms with van der Waals surface area (Å²) in [5.74, 6) is 0. The van der Waals surface area contributed by atoms with Crippen molar-refractivity contribution in [3.05, 3.63) is 0 Å². The van der Waals surface area contributed by atoms with Crippen LogP contribution in [0.3, 0.4) is 0 Å². The quantitative estimate of drug-likeness (QED) is 0.374. The van der Waals surface area contributed by atoms with E-state index in [4.69, 9.17) is 19.2 Å². The number of carbonyl (C=O) groups excluding carboxylic acids is 1. The third-order valence-corrected chi connectivity index (χ3v) is 0.235. The summed E-state index contributed by atoms with van der Waals surface area (Å²) in [6.07, 6.45) is 0. The predicted octanol–water partition coefficient (Wildman–Crippen LogP) is -0.749. The van der Waals surface area contributed by atoms with Crippen molar-refractivity contribution in [3.8, 4) is 0 Å². The van der Waals surface area contributed by atoms with Crippen LogP contribution in [0.5, 0.6) is 0 Å². The fourth-order valence-corrected chi connectivity index (χ4v) is 0.0680. The predicted molar refractivity (Wildman–Crippen MR) is 32.0 cm³/mol. The molecule has 0 aromatic rings. The van der Waals surface area contributed by atoms with E-state index in [2.05, 4.69) is 4.74 Å². The fourth-order valence-electron chi connectivity index (χ4n) is 0.0680. The lowest BCUT2D eigenvalue weighted by molar-refractivity contribution is -0.128. The minimum absolute atomic E-state index is 0.431. The molecule has 10 heavy (non-hydrogen) atoms. The van der Waals surface area contributed by atoms with E-state index >= 15 is 0 Å². The average molecular weight is 172 g/mol. The van der Waals surface area contributed by atoms with Crippen LogP contribution in [0.4, 0.5) is 0 Å². The molecule has 0 atom stereocenters. The Morgan fingerprint density at radius 1 is 1.50 bits per heavy atom. The lowest BCUT2D eigenvalue weighted by Crippen LogP contribution is -1.80. The molecule has 0 amide bonds. The van der Waals surface area contributed by atoms with Crippen LogP contribution < -0.4 is 0 Å². The first-order chi connectivity index (χ1) is 4.41. The SMILES string of the molecule is CCOC=O.O=P(O)(O)O.